The Morgan fingerprint density at radius 3 is 2.50 bits per heavy atom. The lowest BCUT2D eigenvalue weighted by Gasteiger charge is -1.82. The number of carbonyl (C=O) groups is 1. The topological polar surface area (TPSA) is 62.0 Å². The van der Waals surface area contributed by atoms with Crippen molar-refractivity contribution in [2.45, 2.75) is 6.82 Å². The zero-order chi connectivity index (χ0) is 6.57. The van der Waals surface area contributed by atoms with E-state index in [1.54, 1.807) is 0 Å². The number of rotatable bonds is 1. The number of carbonyl (C=O) groups excluding carboxylic acids is 1. The highest BCUT2D eigenvalue weighted by Gasteiger charge is 1.96. The zero-order valence-electron chi connectivity index (χ0n) is 4.83. The Kier molecular flexibility index (Phi) is 3.10. The van der Waals surface area contributed by atoms with Gasteiger partial charge in [0.15, 0.2) is 0 Å². The van der Waals surface area contributed by atoms with Gasteiger partial charge in [0.1, 0.15) is 0 Å². The van der Waals surface area contributed by atoms with Crippen molar-refractivity contribution < 1.29 is 9.82 Å². The van der Waals surface area contributed by atoms with Crippen molar-refractivity contribution in [1.82, 2.24) is 0 Å². The van der Waals surface area contributed by atoms with Crippen LogP contribution in [0.4, 0.5) is 4.79 Å². The molecule has 4 nitrogen and oxygen atoms in total. The Bertz CT molecular complexity index is 113. The molecular weight excluding hydrogens is 106 g/mol. The second-order valence-electron chi connectivity index (χ2n) is 1.37. The van der Waals surface area contributed by atoms with Crippen molar-refractivity contribution in [3.8, 4) is 0 Å². The van der Waals surface area contributed by atoms with E-state index < -0.39 is 12.9 Å². The maximum atomic E-state index is 9.98. The second-order valence-corrected chi connectivity index (χ2v) is 1.37. The highest BCUT2D eigenvalue weighted by Crippen LogP contribution is 1.79. The van der Waals surface area contributed by atoms with Crippen LogP contribution in [-0.2, 0) is 0 Å². The first-order valence-electron chi connectivity index (χ1n) is 2.22. The van der Waals surface area contributed by atoms with E-state index in [-0.39, 0.29) is 0 Å². The van der Waals surface area contributed by atoms with Crippen LogP contribution in [0.2, 0.25) is 6.82 Å². The Morgan fingerprint density at radius 1 is 1.88 bits per heavy atom. The smallest absolute Gasteiger partial charge is 0.430 e. The summed E-state index contributed by atoms with van der Waals surface area (Å²) < 4.78 is 0. The minimum atomic E-state index is -0.876. The monoisotopic (exact) mass is 112 g/mol. The van der Waals surface area contributed by atoms with Crippen LogP contribution >= 0.6 is 0 Å². The highest BCUT2D eigenvalue weighted by atomic mass is 16.2. The standard InChI is InChI=1S/C2H6B2N2O2/c1-4(8)6-5-2(3)7/h8H,3H2,1H3/b6-5+. The number of nitrogens with zero attached hydrogens (tertiary/aromatic N) is 2. The van der Waals surface area contributed by atoms with Gasteiger partial charge in [0.05, 0.1) is 0 Å². The first kappa shape index (κ1) is 7.36. The van der Waals surface area contributed by atoms with Gasteiger partial charge < -0.3 is 5.02 Å². The maximum Gasteiger partial charge on any atom is 0.451 e. The highest BCUT2D eigenvalue weighted by molar-refractivity contribution is 6.57. The van der Waals surface area contributed by atoms with Crippen LogP contribution in [0.5, 0.6) is 0 Å². The van der Waals surface area contributed by atoms with E-state index >= 15 is 0 Å². The first-order valence-corrected chi connectivity index (χ1v) is 2.22. The molecule has 0 bridgehead atoms. The van der Waals surface area contributed by atoms with E-state index in [1.165, 1.54) is 14.7 Å². The minimum absolute atomic E-state index is 0.397. The van der Waals surface area contributed by atoms with E-state index in [2.05, 4.69) is 10.1 Å². The summed E-state index contributed by atoms with van der Waals surface area (Å²) in [6, 6.07) is 0. The van der Waals surface area contributed by atoms with E-state index in [4.69, 9.17) is 5.02 Å². The molecule has 0 aliphatic rings. The molecule has 0 heterocycles. The van der Waals surface area contributed by atoms with Gasteiger partial charge in [-0.05, 0) is 6.82 Å². The molecule has 8 heavy (non-hydrogen) atoms. The van der Waals surface area contributed by atoms with Gasteiger partial charge in [-0.15, -0.1) is 5.11 Å². The number of hydrogen-bond acceptors (Lipinski definition) is 3. The van der Waals surface area contributed by atoms with Crippen molar-refractivity contribution in [1.29, 1.82) is 0 Å². The van der Waals surface area contributed by atoms with Crippen LogP contribution in [-0.4, -0.2) is 25.7 Å². The van der Waals surface area contributed by atoms with Crippen molar-refractivity contribution in [2.75, 3.05) is 0 Å². The molecule has 0 fully saturated rings. The summed E-state index contributed by atoms with van der Waals surface area (Å²) in [6.07, 6.45) is 0. The Morgan fingerprint density at radius 2 is 2.38 bits per heavy atom. The lowest BCUT2D eigenvalue weighted by molar-refractivity contribution is 0.265. The summed E-state index contributed by atoms with van der Waals surface area (Å²) in [4.78, 5) is 9.98. The number of amides is 1. The Balaban J connectivity index is 3.50. The van der Waals surface area contributed by atoms with Crippen molar-refractivity contribution >= 4 is 20.7 Å². The van der Waals surface area contributed by atoms with Gasteiger partial charge in [-0.25, -0.2) is 5.03 Å². The van der Waals surface area contributed by atoms with Crippen molar-refractivity contribution in [2.24, 2.45) is 10.1 Å². The van der Waals surface area contributed by atoms with Crippen molar-refractivity contribution in [3.05, 3.63) is 0 Å². The van der Waals surface area contributed by atoms with Crippen LogP contribution in [0.15, 0.2) is 10.1 Å². The minimum Gasteiger partial charge on any atom is -0.430 e. The fraction of sp³-hybridized carbons (Fsp3) is 0.500. The van der Waals surface area contributed by atoms with Gasteiger partial charge in [0.25, 0.3) is 0 Å². The van der Waals surface area contributed by atoms with Gasteiger partial charge in [0, 0.05) is 0 Å². The molecule has 0 aromatic rings. The van der Waals surface area contributed by atoms with Gasteiger partial charge in [-0.3, -0.25) is 4.79 Å². The predicted molar refractivity (Wildman–Crippen MR) is 32.6 cm³/mol. The molecule has 1 N–H and O–H groups in total. The fourth-order valence-electron chi connectivity index (χ4n) is 0.165. The summed E-state index contributed by atoms with van der Waals surface area (Å²) in [5.41, 5.74) is 0. The molecule has 0 saturated heterocycles. The second kappa shape index (κ2) is 3.37. The molecule has 0 spiro atoms. The molecule has 0 aromatic heterocycles. The third-order valence-electron chi connectivity index (χ3n) is 0.366. The largest absolute Gasteiger partial charge is 0.451 e. The SMILES string of the molecule is BC(=O)/N=N/B(C)O. The average Bonchev–Trinajstić information content (AvgIpc) is 1.61. The molecule has 0 saturated carbocycles. The van der Waals surface area contributed by atoms with Crippen LogP contribution < -0.4 is 0 Å². The lowest BCUT2D eigenvalue weighted by atomic mass is 9.92. The third kappa shape index (κ3) is 5.36. The van der Waals surface area contributed by atoms with Crippen LogP contribution in [0, 0.1) is 0 Å². The average molecular weight is 112 g/mol. The molecule has 6 heteroatoms. The lowest BCUT2D eigenvalue weighted by Crippen LogP contribution is -2.00. The summed E-state index contributed by atoms with van der Waals surface area (Å²) in [6.45, 7) is 1.42. The summed E-state index contributed by atoms with van der Waals surface area (Å²) in [5.74, 6) is -0.397. The van der Waals surface area contributed by atoms with E-state index in [1.807, 2.05) is 0 Å². The predicted octanol–water partition coefficient (Wildman–Crippen LogP) is -0.698. The van der Waals surface area contributed by atoms with Crippen LogP contribution in [0.1, 0.15) is 0 Å². The van der Waals surface area contributed by atoms with E-state index in [0.717, 1.165) is 0 Å². The molecule has 0 unspecified atom stereocenters. The van der Waals surface area contributed by atoms with Gasteiger partial charge in [0.2, 0.25) is 13.7 Å². The quantitative estimate of drug-likeness (QED) is 0.360. The normalized spacial score (nSPS) is 9.75. The number of hydrogen-bond donors (Lipinski definition) is 1. The molecular formula is C2H6B2N2O2. The van der Waals surface area contributed by atoms with Crippen LogP contribution in [0.3, 0.4) is 0 Å². The molecule has 0 radical (unpaired) electrons. The zero-order valence-corrected chi connectivity index (χ0v) is 4.83. The third-order valence-corrected chi connectivity index (χ3v) is 0.366. The molecule has 0 rings (SSSR count). The maximum absolute atomic E-state index is 9.98. The van der Waals surface area contributed by atoms with Crippen molar-refractivity contribution in [3.63, 3.8) is 0 Å². The molecule has 42 valence electrons. The van der Waals surface area contributed by atoms with Gasteiger partial charge >= 0.3 is 7.05 Å². The van der Waals surface area contributed by atoms with E-state index in [9.17, 15) is 4.79 Å². The Hall–Kier alpha value is -0.640. The van der Waals surface area contributed by atoms with Gasteiger partial charge in [-0.1, -0.05) is 0 Å². The molecule has 0 aromatic carbocycles. The molecule has 1 amide bonds. The van der Waals surface area contributed by atoms with E-state index in [0.29, 0.717) is 0 Å². The molecule has 0 atom stereocenters. The van der Waals surface area contributed by atoms with Gasteiger partial charge in [-0.2, -0.15) is 0 Å². The Labute approximate surface area is 48.5 Å². The molecule has 0 aliphatic heterocycles. The van der Waals surface area contributed by atoms with Crippen LogP contribution in [0.25, 0.3) is 0 Å². The fourth-order valence-corrected chi connectivity index (χ4v) is 0.165. The summed E-state index contributed by atoms with van der Waals surface area (Å²) in [7, 11) is 0.394. The molecule has 0 aliphatic carbocycles. The summed E-state index contributed by atoms with van der Waals surface area (Å²) in [5, 5.41) is 14.6. The first-order chi connectivity index (χ1) is 3.63. The summed E-state index contributed by atoms with van der Waals surface area (Å²) >= 11 is 0.